The van der Waals surface area contributed by atoms with E-state index < -0.39 is 0 Å². The fourth-order valence-electron chi connectivity index (χ4n) is 1.70. The minimum absolute atomic E-state index is 0. The summed E-state index contributed by atoms with van der Waals surface area (Å²) in [6, 6.07) is 14.4. The van der Waals surface area contributed by atoms with Crippen molar-refractivity contribution in [2.45, 2.75) is 0 Å². The van der Waals surface area contributed by atoms with Gasteiger partial charge in [0.25, 0.3) is 0 Å². The number of halogens is 3. The third-order valence-electron chi connectivity index (χ3n) is 2.57. The molecule has 20 heavy (non-hydrogen) atoms. The zero-order chi connectivity index (χ0) is 13.8. The highest BCUT2D eigenvalue weighted by molar-refractivity contribution is 6.35. The molecule has 2 aromatic carbocycles. The van der Waals surface area contributed by atoms with Crippen molar-refractivity contribution in [1.29, 1.82) is 0 Å². The molecule has 0 fully saturated rings. The van der Waals surface area contributed by atoms with Gasteiger partial charge in [-0.05, 0) is 30.3 Å². The summed E-state index contributed by atoms with van der Waals surface area (Å²) >= 11 is 11.8. The lowest BCUT2D eigenvalue weighted by Crippen LogP contribution is -3.00. The Kier molecular flexibility index (Phi) is 6.21. The molecule has 0 unspecified atom stereocenters. The lowest BCUT2D eigenvalue weighted by Gasteiger charge is -1.99. The van der Waals surface area contributed by atoms with Crippen molar-refractivity contribution in [1.82, 2.24) is 0 Å². The molecule has 2 nitrogen and oxygen atoms in total. The van der Waals surface area contributed by atoms with E-state index in [9.17, 15) is 4.79 Å². The normalized spacial score (nSPS) is 10.8. The monoisotopic (exact) mass is 327 g/mol. The van der Waals surface area contributed by atoms with Gasteiger partial charge in [-0.15, -0.1) is 0 Å². The van der Waals surface area contributed by atoms with E-state index in [0.717, 1.165) is 5.56 Å². The molecule has 0 N–H and O–H groups in total. The van der Waals surface area contributed by atoms with Gasteiger partial charge in [0.2, 0.25) is 0 Å². The van der Waals surface area contributed by atoms with Crippen molar-refractivity contribution in [3.8, 4) is 0 Å². The maximum atomic E-state index is 12.2. The second-order valence-electron chi connectivity index (χ2n) is 4.11. The Morgan fingerprint density at radius 1 is 1.05 bits per heavy atom. The summed E-state index contributed by atoms with van der Waals surface area (Å²) in [5.74, 6) is -0.159. The van der Waals surface area contributed by atoms with E-state index in [0.29, 0.717) is 15.6 Å². The first-order valence-electron chi connectivity index (χ1n) is 5.69. The van der Waals surface area contributed by atoms with E-state index in [2.05, 4.69) is 0 Å². The van der Waals surface area contributed by atoms with Gasteiger partial charge >= 0.3 is 5.91 Å². The van der Waals surface area contributed by atoms with Crippen molar-refractivity contribution in [3.63, 3.8) is 0 Å². The maximum Gasteiger partial charge on any atom is 0.419 e. The van der Waals surface area contributed by atoms with Gasteiger partial charge in [-0.2, -0.15) is 4.58 Å². The van der Waals surface area contributed by atoms with Gasteiger partial charge in [-0.3, -0.25) is 0 Å². The third kappa shape index (κ3) is 4.34. The zero-order valence-corrected chi connectivity index (χ0v) is 13.0. The molecule has 2 aromatic rings. The number of amides is 1. The average molecular weight is 329 g/mol. The minimum atomic E-state index is -0.159. The predicted octanol–water partition coefficient (Wildman–Crippen LogP) is 0.899. The topological polar surface area (TPSA) is 20.1 Å². The molecule has 0 aliphatic rings. The van der Waals surface area contributed by atoms with Crippen molar-refractivity contribution in [2.75, 3.05) is 7.05 Å². The Hall–Kier alpha value is -1.35. The molecule has 0 aliphatic carbocycles. The zero-order valence-electron chi connectivity index (χ0n) is 10.7. The maximum absolute atomic E-state index is 12.2. The first-order valence-corrected chi connectivity index (χ1v) is 6.45. The van der Waals surface area contributed by atoms with Crippen molar-refractivity contribution in [2.24, 2.45) is 0 Å². The van der Waals surface area contributed by atoms with Crippen LogP contribution in [0.3, 0.4) is 0 Å². The molecule has 0 saturated carbocycles. The number of rotatable bonds is 2. The molecule has 104 valence electrons. The Balaban J connectivity index is 0.00000200. The van der Waals surface area contributed by atoms with E-state index in [4.69, 9.17) is 23.2 Å². The SMILES string of the molecule is C[N+](=Cc1ccccc1)C(=O)c1cc(Cl)cc(Cl)c1.[Cl-]. The van der Waals surface area contributed by atoms with Crippen molar-refractivity contribution < 1.29 is 21.8 Å². The van der Waals surface area contributed by atoms with Crippen LogP contribution in [0.1, 0.15) is 15.9 Å². The van der Waals surface area contributed by atoms with Crippen LogP contribution in [0.25, 0.3) is 0 Å². The molecule has 1 amide bonds. The van der Waals surface area contributed by atoms with Crippen LogP contribution in [0.5, 0.6) is 0 Å². The Labute approximate surface area is 134 Å². The van der Waals surface area contributed by atoms with Crippen LogP contribution in [0.4, 0.5) is 0 Å². The quantitative estimate of drug-likeness (QED) is 0.592. The second kappa shape index (κ2) is 7.44. The second-order valence-corrected chi connectivity index (χ2v) is 4.99. The number of hydrogen-bond donors (Lipinski definition) is 0. The number of nitrogens with zero attached hydrogens (tertiary/aromatic N) is 1. The van der Waals surface area contributed by atoms with Gasteiger partial charge in [0.05, 0.1) is 5.56 Å². The molecule has 0 atom stereocenters. The van der Waals surface area contributed by atoms with Crippen LogP contribution in [-0.2, 0) is 0 Å². The first-order chi connectivity index (χ1) is 9.06. The van der Waals surface area contributed by atoms with Gasteiger partial charge in [0.15, 0.2) is 6.21 Å². The predicted molar refractivity (Wildman–Crippen MR) is 78.6 cm³/mol. The lowest BCUT2D eigenvalue weighted by atomic mass is 10.2. The molecule has 0 radical (unpaired) electrons. The summed E-state index contributed by atoms with van der Waals surface area (Å²) in [6.45, 7) is 0. The molecule has 0 saturated heterocycles. The molecule has 0 bridgehead atoms. The number of benzene rings is 2. The molecule has 0 heterocycles. The molecule has 2 rings (SSSR count). The highest BCUT2D eigenvalue weighted by Crippen LogP contribution is 2.19. The van der Waals surface area contributed by atoms with E-state index in [-0.39, 0.29) is 18.3 Å². The largest absolute Gasteiger partial charge is 1.00 e. The summed E-state index contributed by atoms with van der Waals surface area (Å²) in [7, 11) is 1.70. The van der Waals surface area contributed by atoms with Crippen LogP contribution < -0.4 is 12.4 Å². The minimum Gasteiger partial charge on any atom is -1.00 e. The number of carbonyl (C=O) groups is 1. The van der Waals surface area contributed by atoms with Gasteiger partial charge < -0.3 is 12.4 Å². The van der Waals surface area contributed by atoms with Crippen LogP contribution in [-0.4, -0.2) is 23.7 Å². The highest BCUT2D eigenvalue weighted by Gasteiger charge is 2.17. The van der Waals surface area contributed by atoms with E-state index in [1.807, 2.05) is 30.3 Å². The summed E-state index contributed by atoms with van der Waals surface area (Å²) in [4.78, 5) is 12.2. The van der Waals surface area contributed by atoms with Crippen LogP contribution >= 0.6 is 23.2 Å². The molecule has 5 heteroatoms. The van der Waals surface area contributed by atoms with Gasteiger partial charge in [-0.25, -0.2) is 4.79 Å². The van der Waals surface area contributed by atoms with Gasteiger partial charge in [0, 0.05) is 15.6 Å². The van der Waals surface area contributed by atoms with E-state index >= 15 is 0 Å². The van der Waals surface area contributed by atoms with Gasteiger partial charge in [0.1, 0.15) is 7.05 Å². The summed E-state index contributed by atoms with van der Waals surface area (Å²) in [5.41, 5.74) is 1.42. The number of hydrogen-bond acceptors (Lipinski definition) is 1. The molecular formula is C15H12Cl3NO. The van der Waals surface area contributed by atoms with Crippen molar-refractivity contribution in [3.05, 3.63) is 69.7 Å². The molecule has 0 aromatic heterocycles. The van der Waals surface area contributed by atoms with Crippen LogP contribution in [0, 0.1) is 0 Å². The Morgan fingerprint density at radius 2 is 1.60 bits per heavy atom. The standard InChI is InChI=1S/C15H12Cl2NO.ClH/c1-18(10-11-5-3-2-4-6-11)15(19)12-7-13(16)9-14(17)8-12;/h2-10H,1H3;1H/q+1;/p-1. The van der Waals surface area contributed by atoms with Crippen LogP contribution in [0.15, 0.2) is 48.5 Å². The molecule has 0 spiro atoms. The first kappa shape index (κ1) is 16.7. The Bertz CT molecular complexity index is 619. The summed E-state index contributed by atoms with van der Waals surface area (Å²) in [5, 5.41) is 0.896. The molecular weight excluding hydrogens is 317 g/mol. The number of carbonyl (C=O) groups excluding carboxylic acids is 1. The fraction of sp³-hybridized carbons (Fsp3) is 0.0667. The smallest absolute Gasteiger partial charge is 0.419 e. The van der Waals surface area contributed by atoms with E-state index in [1.165, 1.54) is 4.58 Å². The highest BCUT2D eigenvalue weighted by atomic mass is 35.5. The Morgan fingerprint density at radius 3 is 2.15 bits per heavy atom. The molecule has 0 aliphatic heterocycles. The van der Waals surface area contributed by atoms with Crippen molar-refractivity contribution >= 4 is 35.3 Å². The van der Waals surface area contributed by atoms with Crippen LogP contribution in [0.2, 0.25) is 10.0 Å². The van der Waals surface area contributed by atoms with E-state index in [1.54, 1.807) is 31.5 Å². The lowest BCUT2D eigenvalue weighted by molar-refractivity contribution is -0.388. The third-order valence-corrected chi connectivity index (χ3v) is 3.01. The summed E-state index contributed by atoms with van der Waals surface area (Å²) in [6.07, 6.45) is 1.76. The fourth-order valence-corrected chi connectivity index (χ4v) is 2.23. The average Bonchev–Trinajstić information content (AvgIpc) is 2.37. The van der Waals surface area contributed by atoms with Gasteiger partial charge in [-0.1, -0.05) is 41.4 Å². The summed E-state index contributed by atoms with van der Waals surface area (Å²) < 4.78 is 1.51.